The van der Waals surface area contributed by atoms with Crippen LogP contribution in [0.3, 0.4) is 0 Å². The zero-order chi connectivity index (χ0) is 32.6. The third-order valence-electron chi connectivity index (χ3n) is 8.12. The van der Waals surface area contributed by atoms with Gasteiger partial charge in [-0.25, -0.2) is 23.6 Å². The minimum Gasteiger partial charge on any atom is -0.449 e. The number of alkyl carbamates (subject to hydrolysis) is 1. The van der Waals surface area contributed by atoms with Gasteiger partial charge in [-0.1, -0.05) is 60.1 Å². The Morgan fingerprint density at radius 1 is 0.978 bits per heavy atom. The average Bonchev–Trinajstić information content (AvgIpc) is 3.34. The molecule has 3 aromatic carbocycles. The van der Waals surface area contributed by atoms with Crippen molar-refractivity contribution in [3.8, 4) is 11.1 Å². The molecule has 0 bridgehead atoms. The van der Waals surface area contributed by atoms with Crippen molar-refractivity contribution >= 4 is 34.7 Å². The molecule has 2 aliphatic rings. The van der Waals surface area contributed by atoms with Gasteiger partial charge in [-0.15, -0.1) is 0 Å². The van der Waals surface area contributed by atoms with E-state index < -0.39 is 29.2 Å². The predicted molar refractivity (Wildman–Crippen MR) is 174 cm³/mol. The normalized spacial score (nSPS) is 14.6. The molecule has 46 heavy (non-hydrogen) atoms. The Morgan fingerprint density at radius 2 is 1.61 bits per heavy atom. The summed E-state index contributed by atoms with van der Waals surface area (Å²) in [4.78, 5) is 45.3. The van der Waals surface area contributed by atoms with Gasteiger partial charge in [0, 0.05) is 32.0 Å². The highest BCUT2D eigenvalue weighted by molar-refractivity contribution is 6.35. The van der Waals surface area contributed by atoms with Crippen molar-refractivity contribution in [3.63, 3.8) is 0 Å². The predicted octanol–water partition coefficient (Wildman–Crippen LogP) is 5.46. The van der Waals surface area contributed by atoms with Gasteiger partial charge in [-0.2, -0.15) is 0 Å². The molecule has 1 aromatic heterocycles. The Kier molecular flexibility index (Phi) is 8.61. The maximum Gasteiger partial charge on any atom is 0.410 e. The smallest absolute Gasteiger partial charge is 0.410 e. The van der Waals surface area contributed by atoms with Crippen molar-refractivity contribution in [1.29, 1.82) is 0 Å². The fraction of sp³-hybridized carbons (Fsp3) is 0.353. The number of benzene rings is 3. The number of nitrogens with zero attached hydrogens (tertiary/aromatic N) is 4. The molecular weight excluding hydrogens is 613 g/mol. The lowest BCUT2D eigenvalue weighted by atomic mass is 9.98. The molecule has 1 fully saturated rings. The van der Waals surface area contributed by atoms with Gasteiger partial charge >= 0.3 is 12.2 Å². The van der Waals surface area contributed by atoms with E-state index in [0.29, 0.717) is 26.2 Å². The molecule has 12 heteroatoms. The molecule has 4 aromatic rings. The van der Waals surface area contributed by atoms with E-state index in [1.807, 2.05) is 36.4 Å². The maximum atomic E-state index is 14.9. The van der Waals surface area contributed by atoms with Gasteiger partial charge in [-0.05, 0) is 55.2 Å². The first kappa shape index (κ1) is 31.3. The molecule has 0 radical (unpaired) electrons. The summed E-state index contributed by atoms with van der Waals surface area (Å²) in [6.07, 6.45) is -0.946. The van der Waals surface area contributed by atoms with Crippen LogP contribution in [0.4, 0.5) is 14.0 Å². The highest BCUT2D eigenvalue weighted by atomic mass is 35.5. The maximum absolute atomic E-state index is 14.9. The molecule has 0 atom stereocenters. The first-order valence-electron chi connectivity index (χ1n) is 15.2. The molecule has 10 nitrogen and oxygen atoms in total. The zero-order valence-corrected chi connectivity index (χ0v) is 26.6. The van der Waals surface area contributed by atoms with Crippen LogP contribution in [0.1, 0.15) is 43.6 Å². The fourth-order valence-electron chi connectivity index (χ4n) is 6.04. The second-order valence-electron chi connectivity index (χ2n) is 12.3. The van der Waals surface area contributed by atoms with Crippen LogP contribution >= 0.6 is 11.6 Å². The highest BCUT2D eigenvalue weighted by Gasteiger charge is 2.30. The Bertz CT molecular complexity index is 1820. The number of ether oxygens (including phenoxy) is 2. The topological polar surface area (TPSA) is 106 Å². The minimum absolute atomic E-state index is 0.0375. The van der Waals surface area contributed by atoms with E-state index in [-0.39, 0.29) is 47.2 Å². The zero-order valence-electron chi connectivity index (χ0n) is 25.9. The van der Waals surface area contributed by atoms with Crippen molar-refractivity contribution in [2.24, 2.45) is 0 Å². The Labute approximate surface area is 270 Å². The van der Waals surface area contributed by atoms with Crippen LogP contribution in [0, 0.1) is 5.82 Å². The third kappa shape index (κ3) is 6.24. The van der Waals surface area contributed by atoms with Gasteiger partial charge in [-0.3, -0.25) is 4.79 Å². The monoisotopic (exact) mass is 647 g/mol. The van der Waals surface area contributed by atoms with Gasteiger partial charge in [0.15, 0.2) is 0 Å². The van der Waals surface area contributed by atoms with Gasteiger partial charge in [0.25, 0.3) is 5.56 Å². The number of amides is 2. The van der Waals surface area contributed by atoms with Crippen molar-refractivity contribution in [3.05, 3.63) is 98.8 Å². The second kappa shape index (κ2) is 12.6. The van der Waals surface area contributed by atoms with E-state index in [0.717, 1.165) is 22.3 Å². The summed E-state index contributed by atoms with van der Waals surface area (Å²) in [6, 6.07) is 18.7. The summed E-state index contributed by atoms with van der Waals surface area (Å²) >= 11 is 6.34. The SMILES string of the molecule is CC(C)(C)OC(=O)N1CCN(n2c(CCNC(=O)OCC3c4ccccc4-c4ccccc43)nc3c(F)ccc(Cl)c3c2=O)CC1. The standard InChI is InChI=1S/C34H35ClFN5O5/c1-34(2,3)46-33(44)39-16-18-40(19-17-39)41-28(38-30-27(36)13-12-26(35)29(30)31(41)42)14-15-37-32(43)45-20-25-23-10-6-4-8-21(23)22-9-5-7-11-24(22)25/h4-13,25H,14-20H2,1-3H3,(H,37,43). The molecule has 1 aliphatic heterocycles. The molecule has 6 rings (SSSR count). The lowest BCUT2D eigenvalue weighted by molar-refractivity contribution is 0.0231. The number of rotatable bonds is 6. The Morgan fingerprint density at radius 3 is 2.24 bits per heavy atom. The molecule has 1 aliphatic carbocycles. The summed E-state index contributed by atoms with van der Waals surface area (Å²) < 4.78 is 27.4. The molecule has 0 unspecified atom stereocenters. The van der Waals surface area contributed by atoms with Crippen LogP contribution < -0.4 is 15.9 Å². The largest absolute Gasteiger partial charge is 0.449 e. The van der Waals surface area contributed by atoms with Crippen molar-refractivity contribution in [1.82, 2.24) is 19.9 Å². The van der Waals surface area contributed by atoms with Crippen molar-refractivity contribution < 1.29 is 23.5 Å². The molecule has 1 saturated heterocycles. The molecule has 0 spiro atoms. The lowest BCUT2D eigenvalue weighted by Crippen LogP contribution is -2.56. The van der Waals surface area contributed by atoms with E-state index in [4.69, 9.17) is 21.1 Å². The van der Waals surface area contributed by atoms with Crippen molar-refractivity contribution in [2.45, 2.75) is 38.7 Å². The van der Waals surface area contributed by atoms with Gasteiger partial charge < -0.3 is 24.7 Å². The first-order chi connectivity index (χ1) is 22.0. The minimum atomic E-state index is -0.677. The van der Waals surface area contributed by atoms with E-state index in [1.54, 1.807) is 30.7 Å². The molecular formula is C34H35ClFN5O5. The summed E-state index contributed by atoms with van der Waals surface area (Å²) in [5, 5.41) is 4.54. The number of piperazine rings is 1. The molecule has 0 saturated carbocycles. The van der Waals surface area contributed by atoms with Gasteiger partial charge in [0.2, 0.25) is 0 Å². The second-order valence-corrected chi connectivity index (χ2v) is 12.7. The van der Waals surface area contributed by atoms with Gasteiger partial charge in [0.05, 0.1) is 23.5 Å². The summed E-state index contributed by atoms with van der Waals surface area (Å²) in [6.45, 7) is 6.83. The number of halogens is 2. The van der Waals surface area contributed by atoms with E-state index in [9.17, 15) is 18.8 Å². The number of aromatic nitrogens is 2. The number of carbonyl (C=O) groups is 2. The summed E-state index contributed by atoms with van der Waals surface area (Å²) in [5.74, 6) is -0.523. The Balaban J connectivity index is 1.16. The number of hydrogen-bond donors (Lipinski definition) is 1. The molecule has 2 heterocycles. The van der Waals surface area contributed by atoms with Crippen LogP contribution in [0.15, 0.2) is 65.5 Å². The molecule has 240 valence electrons. The van der Waals surface area contributed by atoms with Crippen LogP contribution in [-0.2, 0) is 15.9 Å². The molecule has 2 amide bonds. The summed E-state index contributed by atoms with van der Waals surface area (Å²) in [5.41, 5.74) is 3.16. The third-order valence-corrected chi connectivity index (χ3v) is 8.44. The van der Waals surface area contributed by atoms with E-state index in [2.05, 4.69) is 22.4 Å². The van der Waals surface area contributed by atoms with Gasteiger partial charge in [0.1, 0.15) is 29.4 Å². The van der Waals surface area contributed by atoms with E-state index in [1.165, 1.54) is 16.8 Å². The number of hydrogen-bond acceptors (Lipinski definition) is 7. The van der Waals surface area contributed by atoms with E-state index >= 15 is 0 Å². The number of carbonyl (C=O) groups excluding carboxylic acids is 2. The lowest BCUT2D eigenvalue weighted by Gasteiger charge is -2.37. The van der Waals surface area contributed by atoms with Crippen LogP contribution in [-0.4, -0.2) is 71.7 Å². The number of nitrogens with one attached hydrogen (secondary N) is 1. The number of fused-ring (bicyclic) bond motifs is 4. The Hall–Kier alpha value is -4.64. The fourth-order valence-corrected chi connectivity index (χ4v) is 6.27. The van der Waals surface area contributed by atoms with Crippen LogP contribution in [0.25, 0.3) is 22.0 Å². The molecule has 1 N–H and O–H groups in total. The highest BCUT2D eigenvalue weighted by Crippen LogP contribution is 2.44. The first-order valence-corrected chi connectivity index (χ1v) is 15.6. The quantitative estimate of drug-likeness (QED) is 0.296. The summed E-state index contributed by atoms with van der Waals surface area (Å²) in [7, 11) is 0. The van der Waals surface area contributed by atoms with Crippen LogP contribution in [0.5, 0.6) is 0 Å². The van der Waals surface area contributed by atoms with Crippen molar-refractivity contribution in [2.75, 3.05) is 44.3 Å². The van der Waals surface area contributed by atoms with Crippen LogP contribution in [0.2, 0.25) is 5.02 Å². The average molecular weight is 648 g/mol.